The number of piperazine rings is 1. The van der Waals surface area contributed by atoms with Gasteiger partial charge >= 0.3 is 0 Å². The molecule has 0 saturated carbocycles. The van der Waals surface area contributed by atoms with Gasteiger partial charge in [0.25, 0.3) is 5.91 Å². The third-order valence-electron chi connectivity index (χ3n) is 5.30. The Balaban J connectivity index is 1.33. The highest BCUT2D eigenvalue weighted by molar-refractivity contribution is 5.94. The van der Waals surface area contributed by atoms with Crippen molar-refractivity contribution in [1.29, 1.82) is 0 Å². The zero-order valence-electron chi connectivity index (χ0n) is 16.9. The number of hydrogen-bond acceptors (Lipinski definition) is 5. The second-order valence-electron chi connectivity index (χ2n) is 7.43. The van der Waals surface area contributed by atoms with E-state index in [-0.39, 0.29) is 5.91 Å². The van der Waals surface area contributed by atoms with E-state index in [1.807, 2.05) is 60.3 Å². The summed E-state index contributed by atoms with van der Waals surface area (Å²) in [6.07, 6.45) is 3.61. The number of carbonyl (C=O) groups is 1. The molecule has 1 amide bonds. The molecule has 1 N–H and O–H groups in total. The first-order valence-electron chi connectivity index (χ1n) is 9.88. The SMILES string of the molecule is Cc1ccnn1-c1ccc(C(=O)NCc2ccc(N3CCN(C)CC3)nc2)cc1. The summed E-state index contributed by atoms with van der Waals surface area (Å²) < 4.78 is 1.84. The number of likely N-dealkylation sites (N-methyl/N-ethyl adjacent to an activating group) is 1. The number of aromatic nitrogens is 3. The van der Waals surface area contributed by atoms with Crippen LogP contribution in [-0.4, -0.2) is 58.8 Å². The lowest BCUT2D eigenvalue weighted by Gasteiger charge is -2.33. The largest absolute Gasteiger partial charge is 0.354 e. The molecule has 1 aliphatic rings. The van der Waals surface area contributed by atoms with E-state index in [2.05, 4.69) is 32.2 Å². The Morgan fingerprint density at radius 2 is 1.79 bits per heavy atom. The summed E-state index contributed by atoms with van der Waals surface area (Å²) in [7, 11) is 2.14. The van der Waals surface area contributed by atoms with Crippen LogP contribution in [0.5, 0.6) is 0 Å². The van der Waals surface area contributed by atoms with Gasteiger partial charge < -0.3 is 15.1 Å². The number of pyridine rings is 1. The summed E-state index contributed by atoms with van der Waals surface area (Å²) in [4.78, 5) is 21.7. The van der Waals surface area contributed by atoms with E-state index >= 15 is 0 Å². The molecule has 0 unspecified atom stereocenters. The second kappa shape index (κ2) is 8.45. The zero-order valence-corrected chi connectivity index (χ0v) is 16.9. The number of benzene rings is 1. The molecular weight excluding hydrogens is 364 g/mol. The van der Waals surface area contributed by atoms with Crippen LogP contribution in [0.1, 0.15) is 21.6 Å². The van der Waals surface area contributed by atoms with Crippen LogP contribution in [0.4, 0.5) is 5.82 Å². The van der Waals surface area contributed by atoms with Crippen molar-refractivity contribution in [2.45, 2.75) is 13.5 Å². The zero-order chi connectivity index (χ0) is 20.2. The first-order chi connectivity index (χ1) is 14.1. The molecule has 3 heterocycles. The number of rotatable bonds is 5. The summed E-state index contributed by atoms with van der Waals surface area (Å²) in [5.74, 6) is 0.898. The fourth-order valence-electron chi connectivity index (χ4n) is 3.42. The molecule has 1 saturated heterocycles. The molecule has 29 heavy (non-hydrogen) atoms. The normalized spacial score (nSPS) is 14.8. The van der Waals surface area contributed by atoms with Crippen LogP contribution in [0.2, 0.25) is 0 Å². The summed E-state index contributed by atoms with van der Waals surface area (Å²) in [6.45, 7) is 6.54. The van der Waals surface area contributed by atoms with Crippen molar-refractivity contribution in [3.05, 3.63) is 71.7 Å². The lowest BCUT2D eigenvalue weighted by Crippen LogP contribution is -2.44. The van der Waals surface area contributed by atoms with E-state index in [1.165, 1.54) is 0 Å². The van der Waals surface area contributed by atoms with Gasteiger partial charge in [-0.05, 0) is 55.9 Å². The molecule has 1 aliphatic heterocycles. The quantitative estimate of drug-likeness (QED) is 0.724. The number of anilines is 1. The Morgan fingerprint density at radius 3 is 2.41 bits per heavy atom. The summed E-state index contributed by atoms with van der Waals surface area (Å²) >= 11 is 0. The number of nitrogens with zero attached hydrogens (tertiary/aromatic N) is 5. The van der Waals surface area contributed by atoms with Crippen LogP contribution in [0.15, 0.2) is 54.9 Å². The van der Waals surface area contributed by atoms with E-state index in [1.54, 1.807) is 6.20 Å². The monoisotopic (exact) mass is 390 g/mol. The Bertz CT molecular complexity index is 956. The molecule has 1 fully saturated rings. The minimum atomic E-state index is -0.100. The van der Waals surface area contributed by atoms with Gasteiger partial charge in [-0.3, -0.25) is 4.79 Å². The van der Waals surface area contributed by atoms with Crippen LogP contribution in [0, 0.1) is 6.92 Å². The number of hydrogen-bond donors (Lipinski definition) is 1. The van der Waals surface area contributed by atoms with Crippen molar-refractivity contribution in [1.82, 2.24) is 25.0 Å². The van der Waals surface area contributed by atoms with Crippen molar-refractivity contribution in [3.8, 4) is 5.69 Å². The van der Waals surface area contributed by atoms with Gasteiger partial charge in [-0.15, -0.1) is 0 Å². The van der Waals surface area contributed by atoms with E-state index in [0.29, 0.717) is 12.1 Å². The highest BCUT2D eigenvalue weighted by atomic mass is 16.1. The number of carbonyl (C=O) groups excluding carboxylic acids is 1. The molecule has 0 aliphatic carbocycles. The highest BCUT2D eigenvalue weighted by Crippen LogP contribution is 2.14. The van der Waals surface area contributed by atoms with Gasteiger partial charge in [0.2, 0.25) is 0 Å². The number of nitrogens with one attached hydrogen (secondary N) is 1. The first kappa shape index (κ1) is 19.1. The van der Waals surface area contributed by atoms with Gasteiger partial charge in [0, 0.05) is 56.4 Å². The number of amides is 1. The average molecular weight is 390 g/mol. The maximum absolute atomic E-state index is 12.5. The molecule has 0 bridgehead atoms. The van der Waals surface area contributed by atoms with Crippen LogP contribution < -0.4 is 10.2 Å². The molecule has 150 valence electrons. The van der Waals surface area contributed by atoms with Gasteiger partial charge in [-0.1, -0.05) is 6.07 Å². The van der Waals surface area contributed by atoms with Crippen molar-refractivity contribution in [2.24, 2.45) is 0 Å². The van der Waals surface area contributed by atoms with Crippen LogP contribution in [0.3, 0.4) is 0 Å². The Labute approximate surface area is 171 Å². The van der Waals surface area contributed by atoms with Gasteiger partial charge in [-0.2, -0.15) is 5.10 Å². The van der Waals surface area contributed by atoms with Gasteiger partial charge in [0.15, 0.2) is 0 Å². The summed E-state index contributed by atoms with van der Waals surface area (Å²) in [6, 6.07) is 13.5. The molecule has 0 spiro atoms. The molecule has 0 atom stereocenters. The predicted molar refractivity (Wildman–Crippen MR) is 113 cm³/mol. The van der Waals surface area contributed by atoms with Crippen LogP contribution >= 0.6 is 0 Å². The van der Waals surface area contributed by atoms with Crippen LogP contribution in [0.25, 0.3) is 5.69 Å². The van der Waals surface area contributed by atoms with E-state index in [9.17, 15) is 4.79 Å². The van der Waals surface area contributed by atoms with Crippen molar-refractivity contribution in [2.75, 3.05) is 38.1 Å². The van der Waals surface area contributed by atoms with Gasteiger partial charge in [-0.25, -0.2) is 9.67 Å². The molecule has 3 aromatic rings. The minimum absolute atomic E-state index is 0.100. The maximum Gasteiger partial charge on any atom is 0.251 e. The Kier molecular flexibility index (Phi) is 5.57. The minimum Gasteiger partial charge on any atom is -0.354 e. The third-order valence-corrected chi connectivity index (χ3v) is 5.30. The Hall–Kier alpha value is -3.19. The molecule has 7 heteroatoms. The fraction of sp³-hybridized carbons (Fsp3) is 0.318. The standard InChI is InChI=1S/C22H26N6O/c1-17-9-10-25-28(17)20-6-4-19(5-7-20)22(29)24-16-18-3-8-21(23-15-18)27-13-11-26(2)12-14-27/h3-10,15H,11-14,16H2,1-2H3,(H,24,29). The molecule has 1 aromatic carbocycles. The molecule has 4 rings (SSSR count). The molecular formula is C22H26N6O. The summed E-state index contributed by atoms with van der Waals surface area (Å²) in [5, 5.41) is 7.25. The average Bonchev–Trinajstić information content (AvgIpc) is 3.19. The summed E-state index contributed by atoms with van der Waals surface area (Å²) in [5.41, 5.74) is 3.60. The number of aryl methyl sites for hydroxylation is 1. The molecule has 0 radical (unpaired) electrons. The maximum atomic E-state index is 12.5. The lowest BCUT2D eigenvalue weighted by atomic mass is 10.2. The van der Waals surface area contributed by atoms with E-state index in [4.69, 9.17) is 0 Å². The fourth-order valence-corrected chi connectivity index (χ4v) is 3.42. The van der Waals surface area contributed by atoms with Gasteiger partial charge in [0.05, 0.1) is 5.69 Å². The van der Waals surface area contributed by atoms with Gasteiger partial charge in [0.1, 0.15) is 5.82 Å². The third kappa shape index (κ3) is 4.46. The topological polar surface area (TPSA) is 66.3 Å². The Morgan fingerprint density at radius 1 is 1.03 bits per heavy atom. The van der Waals surface area contributed by atoms with E-state index in [0.717, 1.165) is 48.9 Å². The second-order valence-corrected chi connectivity index (χ2v) is 7.43. The smallest absolute Gasteiger partial charge is 0.251 e. The lowest BCUT2D eigenvalue weighted by molar-refractivity contribution is 0.0951. The predicted octanol–water partition coefficient (Wildman–Crippen LogP) is 2.26. The van der Waals surface area contributed by atoms with Crippen LogP contribution in [-0.2, 0) is 6.54 Å². The van der Waals surface area contributed by atoms with Crippen molar-refractivity contribution in [3.63, 3.8) is 0 Å². The van der Waals surface area contributed by atoms with Crippen molar-refractivity contribution < 1.29 is 4.79 Å². The highest BCUT2D eigenvalue weighted by Gasteiger charge is 2.15. The first-order valence-corrected chi connectivity index (χ1v) is 9.88. The van der Waals surface area contributed by atoms with Crippen molar-refractivity contribution >= 4 is 11.7 Å². The van der Waals surface area contributed by atoms with E-state index < -0.39 is 0 Å². The molecule has 7 nitrogen and oxygen atoms in total. The molecule has 2 aromatic heterocycles.